The van der Waals surface area contributed by atoms with E-state index in [0.717, 1.165) is 37.1 Å². The molecule has 2 heterocycles. The number of hydroxylamine groups is 1. The summed E-state index contributed by atoms with van der Waals surface area (Å²) in [5.41, 5.74) is 4.41. The Bertz CT molecular complexity index is 468. The minimum atomic E-state index is -0.217. The fraction of sp³-hybridized carbons (Fsp3) is 0.750. The Kier molecular flexibility index (Phi) is 3.48. The number of carbonyl (C=O) groups excluding carboxylic acids is 1. The predicted molar refractivity (Wildman–Crippen MR) is 65.1 cm³/mol. The van der Waals surface area contributed by atoms with Crippen LogP contribution >= 0.6 is 0 Å². The van der Waals surface area contributed by atoms with E-state index >= 15 is 0 Å². The molecule has 1 aliphatic heterocycles. The molecule has 1 aliphatic carbocycles. The van der Waals surface area contributed by atoms with Gasteiger partial charge in [0.05, 0.1) is 23.9 Å². The molecule has 104 valence electrons. The van der Waals surface area contributed by atoms with Gasteiger partial charge >= 0.3 is 0 Å². The minimum Gasteiger partial charge on any atom is -0.379 e. The smallest absolute Gasteiger partial charge is 0.252 e. The Hall–Kier alpha value is -1.47. The summed E-state index contributed by atoms with van der Waals surface area (Å²) in [4.78, 5) is 17.6. The van der Waals surface area contributed by atoms with Crippen molar-refractivity contribution >= 4 is 5.91 Å². The van der Waals surface area contributed by atoms with E-state index in [1.807, 2.05) is 7.05 Å². The molecule has 0 bridgehead atoms. The molecule has 0 saturated carbocycles. The van der Waals surface area contributed by atoms with Gasteiger partial charge in [-0.05, 0) is 19.3 Å². The van der Waals surface area contributed by atoms with Gasteiger partial charge in [0.25, 0.3) is 5.91 Å². The summed E-state index contributed by atoms with van der Waals surface area (Å²) in [5, 5.41) is 8.09. The third kappa shape index (κ3) is 2.48. The van der Waals surface area contributed by atoms with Crippen LogP contribution in [0.15, 0.2) is 0 Å². The van der Waals surface area contributed by atoms with Crippen molar-refractivity contribution < 1.29 is 14.4 Å². The maximum atomic E-state index is 12.2. The van der Waals surface area contributed by atoms with Gasteiger partial charge in [-0.3, -0.25) is 14.3 Å². The molecule has 1 aromatic rings. The molecule has 1 saturated heterocycles. The van der Waals surface area contributed by atoms with Crippen LogP contribution in [0.25, 0.3) is 0 Å². The minimum absolute atomic E-state index is 0.0309. The van der Waals surface area contributed by atoms with Gasteiger partial charge in [0.15, 0.2) is 0 Å². The molecule has 0 radical (unpaired) electrons. The zero-order valence-electron chi connectivity index (χ0n) is 11.0. The second kappa shape index (κ2) is 5.26. The van der Waals surface area contributed by atoms with Gasteiger partial charge in [-0.1, -0.05) is 5.21 Å². The molecule has 0 aromatic carbocycles. The summed E-state index contributed by atoms with van der Waals surface area (Å²) < 4.78 is 6.89. The van der Waals surface area contributed by atoms with Crippen molar-refractivity contribution in [3.8, 4) is 0 Å². The summed E-state index contributed by atoms with van der Waals surface area (Å²) >= 11 is 0. The largest absolute Gasteiger partial charge is 0.379 e. The molecule has 7 nitrogen and oxygen atoms in total. The van der Waals surface area contributed by atoms with Crippen molar-refractivity contribution in [2.24, 2.45) is 7.05 Å². The summed E-state index contributed by atoms with van der Waals surface area (Å²) in [6, 6.07) is 0. The summed E-state index contributed by atoms with van der Waals surface area (Å²) in [6.07, 6.45) is 3.45. The van der Waals surface area contributed by atoms with Crippen molar-refractivity contribution in [1.82, 2.24) is 20.5 Å². The molecule has 7 heteroatoms. The Morgan fingerprint density at radius 2 is 2.42 bits per heavy atom. The summed E-state index contributed by atoms with van der Waals surface area (Å²) in [7, 11) is 1.82. The standard InChI is InChI=1S/C12H18N4O3/c1-16-11-9(3-2-4-10(11)13-15-16)12(17)14-19-8-5-6-18-7-8/h8-9H,2-7H2,1H3,(H,14,17). The topological polar surface area (TPSA) is 78.3 Å². The lowest BCUT2D eigenvalue weighted by molar-refractivity contribution is -0.140. The average Bonchev–Trinajstić information content (AvgIpc) is 3.06. The first-order valence-corrected chi connectivity index (χ1v) is 6.67. The van der Waals surface area contributed by atoms with E-state index in [1.54, 1.807) is 4.68 Å². The Morgan fingerprint density at radius 3 is 3.21 bits per heavy atom. The lowest BCUT2D eigenvalue weighted by Crippen LogP contribution is -2.35. The number of aryl methyl sites for hydroxylation is 2. The van der Waals surface area contributed by atoms with Crippen LogP contribution in [0.5, 0.6) is 0 Å². The maximum absolute atomic E-state index is 12.2. The molecule has 1 N–H and O–H groups in total. The molecular formula is C12H18N4O3. The van der Waals surface area contributed by atoms with Gasteiger partial charge in [0.2, 0.25) is 0 Å². The van der Waals surface area contributed by atoms with E-state index in [4.69, 9.17) is 9.57 Å². The number of aromatic nitrogens is 3. The van der Waals surface area contributed by atoms with Crippen molar-refractivity contribution in [2.45, 2.75) is 37.7 Å². The highest BCUT2D eigenvalue weighted by Crippen LogP contribution is 2.29. The first kappa shape index (κ1) is 12.6. The van der Waals surface area contributed by atoms with Crippen LogP contribution in [0.4, 0.5) is 0 Å². The zero-order chi connectivity index (χ0) is 13.2. The molecule has 3 rings (SSSR count). The van der Waals surface area contributed by atoms with E-state index in [2.05, 4.69) is 15.8 Å². The van der Waals surface area contributed by atoms with Crippen LogP contribution in [0, 0.1) is 0 Å². The number of fused-ring (bicyclic) bond motifs is 1. The Morgan fingerprint density at radius 1 is 1.53 bits per heavy atom. The first-order valence-electron chi connectivity index (χ1n) is 6.67. The number of hydrogen-bond donors (Lipinski definition) is 1. The highest BCUT2D eigenvalue weighted by Gasteiger charge is 2.31. The molecule has 2 unspecified atom stereocenters. The van der Waals surface area contributed by atoms with Crippen molar-refractivity contribution in [3.63, 3.8) is 0 Å². The SMILES string of the molecule is Cn1nnc2c1C(C(=O)NOC1CCOC1)CCC2. The van der Waals surface area contributed by atoms with Crippen molar-refractivity contribution in [1.29, 1.82) is 0 Å². The van der Waals surface area contributed by atoms with Gasteiger partial charge in [0, 0.05) is 20.1 Å². The van der Waals surface area contributed by atoms with Crippen LogP contribution in [-0.4, -0.2) is 40.2 Å². The van der Waals surface area contributed by atoms with Crippen molar-refractivity contribution in [3.05, 3.63) is 11.4 Å². The maximum Gasteiger partial charge on any atom is 0.252 e. The number of carbonyl (C=O) groups is 1. The average molecular weight is 266 g/mol. The highest BCUT2D eigenvalue weighted by molar-refractivity contribution is 5.82. The monoisotopic (exact) mass is 266 g/mol. The number of hydrogen-bond acceptors (Lipinski definition) is 5. The summed E-state index contributed by atoms with van der Waals surface area (Å²) in [6.45, 7) is 1.24. The van der Waals surface area contributed by atoms with E-state index in [-0.39, 0.29) is 17.9 Å². The number of amides is 1. The van der Waals surface area contributed by atoms with E-state index in [1.165, 1.54) is 0 Å². The molecule has 2 aliphatic rings. The lowest BCUT2D eigenvalue weighted by Gasteiger charge is -2.22. The van der Waals surface area contributed by atoms with Crippen LogP contribution < -0.4 is 5.48 Å². The quantitative estimate of drug-likeness (QED) is 0.783. The number of ether oxygens (including phenoxy) is 1. The molecule has 19 heavy (non-hydrogen) atoms. The third-order valence-corrected chi connectivity index (χ3v) is 3.71. The molecule has 2 atom stereocenters. The highest BCUT2D eigenvalue weighted by atomic mass is 16.7. The van der Waals surface area contributed by atoms with Gasteiger partial charge in [0.1, 0.15) is 6.10 Å². The van der Waals surface area contributed by atoms with Crippen molar-refractivity contribution in [2.75, 3.05) is 13.2 Å². The first-order chi connectivity index (χ1) is 9.25. The van der Waals surface area contributed by atoms with E-state index in [9.17, 15) is 4.79 Å². The number of nitrogens with one attached hydrogen (secondary N) is 1. The van der Waals surface area contributed by atoms with Crippen LogP contribution in [0.3, 0.4) is 0 Å². The summed E-state index contributed by atoms with van der Waals surface area (Å²) in [5.74, 6) is -0.329. The van der Waals surface area contributed by atoms with Crippen LogP contribution in [-0.2, 0) is 27.8 Å². The van der Waals surface area contributed by atoms with E-state index in [0.29, 0.717) is 13.2 Å². The van der Waals surface area contributed by atoms with Gasteiger partial charge in [-0.2, -0.15) is 0 Å². The third-order valence-electron chi connectivity index (χ3n) is 3.71. The normalized spacial score (nSPS) is 26.2. The second-order valence-corrected chi connectivity index (χ2v) is 5.06. The predicted octanol–water partition coefficient (Wildman–Crippen LogP) is 0.0717. The fourth-order valence-corrected chi connectivity index (χ4v) is 2.70. The molecular weight excluding hydrogens is 248 g/mol. The molecule has 1 fully saturated rings. The Labute approximate surface area is 111 Å². The van der Waals surface area contributed by atoms with Gasteiger partial charge < -0.3 is 4.74 Å². The Balaban J connectivity index is 1.65. The molecule has 1 aromatic heterocycles. The number of rotatable bonds is 3. The zero-order valence-corrected chi connectivity index (χ0v) is 11.0. The van der Waals surface area contributed by atoms with E-state index < -0.39 is 0 Å². The number of nitrogens with zero attached hydrogens (tertiary/aromatic N) is 3. The fourth-order valence-electron chi connectivity index (χ4n) is 2.70. The van der Waals surface area contributed by atoms with Gasteiger partial charge in [-0.15, -0.1) is 5.10 Å². The van der Waals surface area contributed by atoms with Gasteiger partial charge in [-0.25, -0.2) is 5.48 Å². The second-order valence-electron chi connectivity index (χ2n) is 5.06. The molecule has 0 spiro atoms. The lowest BCUT2D eigenvalue weighted by atomic mass is 9.89. The van der Waals surface area contributed by atoms with Crippen LogP contribution in [0.2, 0.25) is 0 Å². The van der Waals surface area contributed by atoms with Crippen LogP contribution in [0.1, 0.15) is 36.6 Å². The molecule has 1 amide bonds.